The zero-order valence-corrected chi connectivity index (χ0v) is 12.6. The molecule has 6 nitrogen and oxygen atoms in total. The molecule has 0 fully saturated rings. The molecule has 1 unspecified atom stereocenters. The molecule has 7 heteroatoms. The second kappa shape index (κ2) is 6.84. The van der Waals surface area contributed by atoms with Gasteiger partial charge in [0.2, 0.25) is 5.95 Å². The minimum absolute atomic E-state index is 0.165. The second-order valence-corrected chi connectivity index (χ2v) is 4.63. The molecule has 2 rings (SSSR count). The fourth-order valence-electron chi connectivity index (χ4n) is 1.89. The van der Waals surface area contributed by atoms with Crippen molar-refractivity contribution in [2.75, 3.05) is 19.5 Å². The van der Waals surface area contributed by atoms with Crippen LogP contribution in [0.25, 0.3) is 0 Å². The fraction of sp³-hybridized carbons (Fsp3) is 0.267. The van der Waals surface area contributed by atoms with Crippen LogP contribution in [0.15, 0.2) is 30.6 Å². The van der Waals surface area contributed by atoms with Gasteiger partial charge in [-0.05, 0) is 24.6 Å². The molecule has 22 heavy (non-hydrogen) atoms. The first kappa shape index (κ1) is 15.7. The average Bonchev–Trinajstić information content (AvgIpc) is 2.54. The number of nitrogens with zero attached hydrogens (tertiary/aromatic N) is 2. The Morgan fingerprint density at radius 2 is 2.00 bits per heavy atom. The smallest absolute Gasteiger partial charge is 0.254 e. The van der Waals surface area contributed by atoms with Crippen LogP contribution in [0, 0.1) is 5.82 Å². The lowest BCUT2D eigenvalue weighted by atomic mass is 10.1. The van der Waals surface area contributed by atoms with Gasteiger partial charge in [-0.15, -0.1) is 0 Å². The molecule has 2 N–H and O–H groups in total. The lowest BCUT2D eigenvalue weighted by molar-refractivity contribution is 0.0939. The second-order valence-electron chi connectivity index (χ2n) is 4.63. The molecular weight excluding hydrogens is 287 g/mol. The summed E-state index contributed by atoms with van der Waals surface area (Å²) in [7, 11) is 3.09. The summed E-state index contributed by atoms with van der Waals surface area (Å²) in [5.41, 5.74) is 0.972. The molecule has 1 aromatic heterocycles. The Bertz CT molecular complexity index is 661. The SMILES string of the molecule is CNc1ncc(C(=O)NC(C)c2ccc(OC)c(F)c2)cn1. The minimum Gasteiger partial charge on any atom is -0.494 e. The number of aromatic nitrogens is 2. The van der Waals surface area contributed by atoms with Crippen LogP contribution < -0.4 is 15.4 Å². The molecule has 0 aliphatic heterocycles. The number of benzene rings is 1. The van der Waals surface area contributed by atoms with Crippen LogP contribution in [0.3, 0.4) is 0 Å². The van der Waals surface area contributed by atoms with Crippen molar-refractivity contribution < 1.29 is 13.9 Å². The van der Waals surface area contributed by atoms with Crippen LogP contribution in [-0.2, 0) is 0 Å². The summed E-state index contributed by atoms with van der Waals surface area (Å²) in [6.45, 7) is 1.77. The summed E-state index contributed by atoms with van der Waals surface area (Å²) >= 11 is 0. The van der Waals surface area contributed by atoms with Crippen LogP contribution >= 0.6 is 0 Å². The zero-order chi connectivity index (χ0) is 16.1. The van der Waals surface area contributed by atoms with Gasteiger partial charge in [0.05, 0.1) is 18.7 Å². The van der Waals surface area contributed by atoms with Gasteiger partial charge in [0.15, 0.2) is 11.6 Å². The molecule has 0 aliphatic rings. The first-order valence-electron chi connectivity index (χ1n) is 6.69. The van der Waals surface area contributed by atoms with Gasteiger partial charge < -0.3 is 15.4 Å². The zero-order valence-electron chi connectivity index (χ0n) is 12.6. The number of rotatable bonds is 5. The molecule has 0 bridgehead atoms. The highest BCUT2D eigenvalue weighted by Gasteiger charge is 2.14. The molecule has 1 heterocycles. The maximum absolute atomic E-state index is 13.7. The summed E-state index contributed by atoms with van der Waals surface area (Å²) in [6.07, 6.45) is 2.85. The van der Waals surface area contributed by atoms with Gasteiger partial charge in [-0.2, -0.15) is 0 Å². The van der Waals surface area contributed by atoms with Gasteiger partial charge in [-0.25, -0.2) is 14.4 Å². The van der Waals surface area contributed by atoms with E-state index >= 15 is 0 Å². The molecule has 0 radical (unpaired) electrons. The van der Waals surface area contributed by atoms with Crippen molar-refractivity contribution in [3.8, 4) is 5.75 Å². The highest BCUT2D eigenvalue weighted by molar-refractivity contribution is 5.93. The van der Waals surface area contributed by atoms with E-state index < -0.39 is 5.82 Å². The summed E-state index contributed by atoms with van der Waals surface area (Å²) in [5.74, 6) is -0.200. The lowest BCUT2D eigenvalue weighted by Crippen LogP contribution is -2.27. The standard InChI is InChI=1S/C15H17FN4O2/c1-9(10-4-5-13(22-3)12(16)6-10)20-14(21)11-7-18-15(17-2)19-8-11/h4-9H,1-3H3,(H,20,21)(H,17,18,19). The molecule has 1 amide bonds. The van der Waals surface area contributed by atoms with Crippen molar-refractivity contribution in [2.45, 2.75) is 13.0 Å². The third-order valence-corrected chi connectivity index (χ3v) is 3.16. The third-order valence-electron chi connectivity index (χ3n) is 3.16. The van der Waals surface area contributed by atoms with Crippen molar-refractivity contribution in [3.05, 3.63) is 47.5 Å². The summed E-state index contributed by atoms with van der Waals surface area (Å²) in [4.78, 5) is 20.1. The van der Waals surface area contributed by atoms with E-state index in [0.717, 1.165) is 0 Å². The van der Waals surface area contributed by atoms with Gasteiger partial charge in [-0.3, -0.25) is 4.79 Å². The van der Waals surface area contributed by atoms with Gasteiger partial charge >= 0.3 is 0 Å². The predicted octanol–water partition coefficient (Wildman–Crippen LogP) is 2.16. The predicted molar refractivity (Wildman–Crippen MR) is 80.4 cm³/mol. The molecule has 0 saturated heterocycles. The lowest BCUT2D eigenvalue weighted by Gasteiger charge is -2.15. The Balaban J connectivity index is 2.08. The van der Waals surface area contributed by atoms with Gasteiger partial charge in [0.25, 0.3) is 5.91 Å². The Labute approximate surface area is 127 Å². The summed E-state index contributed by atoms with van der Waals surface area (Å²) < 4.78 is 18.6. The number of hydrogen-bond donors (Lipinski definition) is 2. The van der Waals surface area contributed by atoms with Crippen molar-refractivity contribution in [3.63, 3.8) is 0 Å². The molecule has 0 aliphatic carbocycles. The number of anilines is 1. The molecule has 0 saturated carbocycles. The van der Waals surface area contributed by atoms with Crippen molar-refractivity contribution in [1.82, 2.24) is 15.3 Å². The maximum atomic E-state index is 13.7. The highest BCUT2D eigenvalue weighted by Crippen LogP contribution is 2.21. The number of nitrogens with one attached hydrogen (secondary N) is 2. The minimum atomic E-state index is -0.470. The summed E-state index contributed by atoms with van der Waals surface area (Å²) in [5, 5.41) is 5.54. The highest BCUT2D eigenvalue weighted by atomic mass is 19.1. The van der Waals surface area contributed by atoms with Crippen molar-refractivity contribution in [2.24, 2.45) is 0 Å². The largest absolute Gasteiger partial charge is 0.494 e. The number of carbonyl (C=O) groups excluding carboxylic acids is 1. The average molecular weight is 304 g/mol. The Kier molecular flexibility index (Phi) is 4.88. The molecule has 116 valence electrons. The molecule has 0 spiro atoms. The van der Waals surface area contributed by atoms with E-state index in [4.69, 9.17) is 4.74 Å². The van der Waals surface area contributed by atoms with Gasteiger partial charge in [0, 0.05) is 19.4 Å². The fourth-order valence-corrected chi connectivity index (χ4v) is 1.89. The Morgan fingerprint density at radius 3 is 2.55 bits per heavy atom. The first-order chi connectivity index (χ1) is 10.5. The van der Waals surface area contributed by atoms with Gasteiger partial charge in [0.1, 0.15) is 0 Å². The van der Waals surface area contributed by atoms with Crippen molar-refractivity contribution >= 4 is 11.9 Å². The summed E-state index contributed by atoms with van der Waals surface area (Å²) in [6, 6.07) is 4.20. The van der Waals surface area contributed by atoms with E-state index in [0.29, 0.717) is 17.1 Å². The van der Waals surface area contributed by atoms with Gasteiger partial charge in [-0.1, -0.05) is 6.07 Å². The quantitative estimate of drug-likeness (QED) is 0.885. The third kappa shape index (κ3) is 3.49. The van der Waals surface area contributed by atoms with E-state index in [2.05, 4.69) is 20.6 Å². The monoisotopic (exact) mass is 304 g/mol. The number of methoxy groups -OCH3 is 1. The number of hydrogen-bond acceptors (Lipinski definition) is 5. The van der Waals surface area contributed by atoms with Crippen molar-refractivity contribution in [1.29, 1.82) is 0 Å². The number of carbonyl (C=O) groups is 1. The normalized spacial score (nSPS) is 11.6. The van der Waals surface area contributed by atoms with Crippen LogP contribution in [0.4, 0.5) is 10.3 Å². The van der Waals surface area contributed by atoms with Crippen LogP contribution in [0.5, 0.6) is 5.75 Å². The van der Waals surface area contributed by atoms with Crippen LogP contribution in [-0.4, -0.2) is 30.0 Å². The topological polar surface area (TPSA) is 76.1 Å². The molecule has 1 aromatic carbocycles. The van der Waals surface area contributed by atoms with Crippen LogP contribution in [0.2, 0.25) is 0 Å². The Morgan fingerprint density at radius 1 is 1.32 bits per heavy atom. The van der Waals surface area contributed by atoms with E-state index in [-0.39, 0.29) is 17.7 Å². The van der Waals surface area contributed by atoms with E-state index in [1.807, 2.05) is 0 Å². The Hall–Kier alpha value is -2.70. The van der Waals surface area contributed by atoms with E-state index in [1.54, 1.807) is 20.0 Å². The maximum Gasteiger partial charge on any atom is 0.254 e. The number of ether oxygens (including phenoxy) is 1. The molecule has 1 atom stereocenters. The molecular formula is C15H17FN4O2. The molecule has 2 aromatic rings. The van der Waals surface area contributed by atoms with E-state index in [1.165, 1.54) is 31.6 Å². The number of amides is 1. The van der Waals surface area contributed by atoms with Crippen LogP contribution in [0.1, 0.15) is 28.9 Å². The first-order valence-corrected chi connectivity index (χ1v) is 6.69. The number of halogens is 1. The van der Waals surface area contributed by atoms with E-state index in [9.17, 15) is 9.18 Å².